The Morgan fingerprint density at radius 3 is 2.72 bits per heavy atom. The molecular weight excluding hydrogens is 485 g/mol. The van der Waals surface area contributed by atoms with Crippen LogP contribution in [0.15, 0.2) is 29.5 Å². The Balaban J connectivity index is 0.00000420. The first-order valence-electron chi connectivity index (χ1n) is 9.40. The molecule has 29 heavy (non-hydrogen) atoms. The molecule has 1 aromatic heterocycles. The van der Waals surface area contributed by atoms with Crippen LogP contribution in [0.3, 0.4) is 0 Å². The van der Waals surface area contributed by atoms with E-state index in [0.717, 1.165) is 36.9 Å². The number of hydrogen-bond acceptors (Lipinski definition) is 5. The van der Waals surface area contributed by atoms with Gasteiger partial charge in [0, 0.05) is 33.0 Å². The summed E-state index contributed by atoms with van der Waals surface area (Å²) >= 11 is 0. The molecule has 3 N–H and O–H groups in total. The van der Waals surface area contributed by atoms with Crippen LogP contribution in [0.5, 0.6) is 5.75 Å². The summed E-state index contributed by atoms with van der Waals surface area (Å²) in [7, 11) is 1.57. The third-order valence-corrected chi connectivity index (χ3v) is 4.00. The largest absolute Gasteiger partial charge is 0.495 e. The molecule has 0 fully saturated rings. The number of nitrogens with zero attached hydrogens (tertiary/aromatic N) is 4. The molecule has 9 nitrogen and oxygen atoms in total. The molecular formula is C19H30IN7O2. The zero-order valence-corrected chi connectivity index (χ0v) is 19.7. The molecule has 0 unspecified atom stereocenters. The van der Waals surface area contributed by atoms with Gasteiger partial charge in [0.25, 0.3) is 0 Å². The number of ether oxygens (including phenoxy) is 1. The number of halogens is 1. The average molecular weight is 515 g/mol. The number of anilines is 1. The first-order valence-corrected chi connectivity index (χ1v) is 9.40. The number of benzene rings is 1. The lowest BCUT2D eigenvalue weighted by Crippen LogP contribution is -2.38. The monoisotopic (exact) mass is 515 g/mol. The standard InChI is InChI=1S/C19H29N7O2.HI/c1-5-18-25-23-13-26(18)10-9-21-19(20-6-2)22-12-15-7-8-17(28-4)16(11-15)24-14(3)27;/h7-8,11,13H,5-6,9-10,12H2,1-4H3,(H,24,27)(H2,20,21,22);1H. The molecule has 0 radical (unpaired) electrons. The van der Waals surface area contributed by atoms with E-state index in [0.29, 0.717) is 24.5 Å². The van der Waals surface area contributed by atoms with E-state index in [-0.39, 0.29) is 29.9 Å². The maximum absolute atomic E-state index is 11.4. The highest BCUT2D eigenvalue weighted by atomic mass is 127. The van der Waals surface area contributed by atoms with Gasteiger partial charge in [0.15, 0.2) is 5.96 Å². The topological polar surface area (TPSA) is 105 Å². The minimum Gasteiger partial charge on any atom is -0.495 e. The van der Waals surface area contributed by atoms with Crippen LogP contribution in [0.4, 0.5) is 5.69 Å². The van der Waals surface area contributed by atoms with Gasteiger partial charge in [-0.05, 0) is 24.6 Å². The lowest BCUT2D eigenvalue weighted by molar-refractivity contribution is -0.114. The maximum Gasteiger partial charge on any atom is 0.221 e. The number of aryl methyl sites for hydroxylation is 1. The van der Waals surface area contributed by atoms with Gasteiger partial charge in [-0.3, -0.25) is 4.79 Å². The number of methoxy groups -OCH3 is 1. The van der Waals surface area contributed by atoms with Crippen molar-refractivity contribution in [2.24, 2.45) is 4.99 Å². The number of carbonyl (C=O) groups is 1. The van der Waals surface area contributed by atoms with Crippen LogP contribution in [0.25, 0.3) is 0 Å². The highest BCUT2D eigenvalue weighted by molar-refractivity contribution is 14.0. The second kappa shape index (κ2) is 13.0. The van der Waals surface area contributed by atoms with Crippen molar-refractivity contribution in [3.63, 3.8) is 0 Å². The second-order valence-electron chi connectivity index (χ2n) is 6.13. The molecule has 2 aromatic rings. The molecule has 1 aromatic carbocycles. The number of hydrogen-bond donors (Lipinski definition) is 3. The molecule has 10 heteroatoms. The zero-order chi connectivity index (χ0) is 20.4. The maximum atomic E-state index is 11.4. The van der Waals surface area contributed by atoms with Crippen LogP contribution in [0.2, 0.25) is 0 Å². The van der Waals surface area contributed by atoms with Gasteiger partial charge < -0.3 is 25.3 Å². The Bertz CT molecular complexity index is 808. The number of guanidine groups is 1. The van der Waals surface area contributed by atoms with Gasteiger partial charge in [-0.25, -0.2) is 4.99 Å². The van der Waals surface area contributed by atoms with Gasteiger partial charge in [-0.15, -0.1) is 34.2 Å². The number of amides is 1. The molecule has 160 valence electrons. The van der Waals surface area contributed by atoms with Gasteiger partial charge >= 0.3 is 0 Å². The van der Waals surface area contributed by atoms with Crippen LogP contribution in [0.1, 0.15) is 32.2 Å². The number of aromatic nitrogens is 3. The predicted octanol–water partition coefficient (Wildman–Crippen LogP) is 2.18. The molecule has 1 heterocycles. The van der Waals surface area contributed by atoms with Gasteiger partial charge in [0.2, 0.25) is 5.91 Å². The second-order valence-corrected chi connectivity index (χ2v) is 6.13. The van der Waals surface area contributed by atoms with Crippen molar-refractivity contribution in [2.75, 3.05) is 25.5 Å². The molecule has 0 aliphatic rings. The van der Waals surface area contributed by atoms with E-state index < -0.39 is 0 Å². The first kappa shape index (κ1) is 24.7. The van der Waals surface area contributed by atoms with E-state index in [2.05, 4.69) is 38.1 Å². The summed E-state index contributed by atoms with van der Waals surface area (Å²) in [4.78, 5) is 16.0. The van der Waals surface area contributed by atoms with Crippen molar-refractivity contribution in [3.8, 4) is 5.75 Å². The third kappa shape index (κ3) is 7.87. The Morgan fingerprint density at radius 1 is 1.28 bits per heavy atom. The molecule has 1 amide bonds. The summed E-state index contributed by atoms with van der Waals surface area (Å²) in [6, 6.07) is 5.63. The lowest BCUT2D eigenvalue weighted by Gasteiger charge is -2.13. The average Bonchev–Trinajstić information content (AvgIpc) is 3.13. The van der Waals surface area contributed by atoms with Crippen LogP contribution in [0, 0.1) is 0 Å². The summed E-state index contributed by atoms with van der Waals surface area (Å²) in [5.41, 5.74) is 1.61. The van der Waals surface area contributed by atoms with E-state index in [1.54, 1.807) is 13.4 Å². The van der Waals surface area contributed by atoms with Crippen LogP contribution in [-0.4, -0.2) is 46.8 Å². The molecule has 0 bridgehead atoms. The van der Waals surface area contributed by atoms with E-state index in [4.69, 9.17) is 4.74 Å². The van der Waals surface area contributed by atoms with Gasteiger partial charge in [-0.1, -0.05) is 13.0 Å². The van der Waals surface area contributed by atoms with E-state index in [9.17, 15) is 4.79 Å². The normalized spacial score (nSPS) is 10.8. The number of rotatable bonds is 9. The summed E-state index contributed by atoms with van der Waals surface area (Å²) in [5.74, 6) is 2.17. The van der Waals surface area contributed by atoms with E-state index >= 15 is 0 Å². The SMILES string of the molecule is CCNC(=NCc1ccc(OC)c(NC(C)=O)c1)NCCn1cnnc1CC.I. The highest BCUT2D eigenvalue weighted by Crippen LogP contribution is 2.25. The number of aliphatic imine (C=N–C) groups is 1. The molecule has 0 spiro atoms. The highest BCUT2D eigenvalue weighted by Gasteiger charge is 2.07. The van der Waals surface area contributed by atoms with Gasteiger partial charge in [0.1, 0.15) is 17.9 Å². The zero-order valence-electron chi connectivity index (χ0n) is 17.4. The van der Waals surface area contributed by atoms with Crippen LogP contribution >= 0.6 is 24.0 Å². The summed E-state index contributed by atoms with van der Waals surface area (Å²) in [6.45, 7) is 8.25. The Kier molecular flexibility index (Phi) is 11.0. The van der Waals surface area contributed by atoms with Crippen molar-refractivity contribution >= 4 is 41.5 Å². The van der Waals surface area contributed by atoms with Gasteiger partial charge in [0.05, 0.1) is 19.3 Å². The fraction of sp³-hybridized carbons (Fsp3) is 0.474. The lowest BCUT2D eigenvalue weighted by atomic mass is 10.2. The van der Waals surface area contributed by atoms with Crippen molar-refractivity contribution in [2.45, 2.75) is 40.3 Å². The molecule has 0 atom stereocenters. The molecule has 0 aliphatic heterocycles. The summed E-state index contributed by atoms with van der Waals surface area (Å²) in [5, 5.41) is 17.4. The number of nitrogens with one attached hydrogen (secondary N) is 3. The van der Waals surface area contributed by atoms with Crippen LogP contribution < -0.4 is 20.7 Å². The Hall–Kier alpha value is -2.37. The van der Waals surface area contributed by atoms with Crippen LogP contribution in [-0.2, 0) is 24.3 Å². The Morgan fingerprint density at radius 2 is 2.07 bits per heavy atom. The number of carbonyl (C=O) groups excluding carboxylic acids is 1. The minimum absolute atomic E-state index is 0. The molecule has 2 rings (SSSR count). The molecule has 0 saturated heterocycles. The van der Waals surface area contributed by atoms with E-state index in [1.165, 1.54) is 6.92 Å². The molecule has 0 aliphatic carbocycles. The van der Waals surface area contributed by atoms with Crippen molar-refractivity contribution in [1.29, 1.82) is 0 Å². The first-order chi connectivity index (χ1) is 13.6. The smallest absolute Gasteiger partial charge is 0.221 e. The fourth-order valence-electron chi connectivity index (χ4n) is 2.69. The van der Waals surface area contributed by atoms with Crippen molar-refractivity contribution in [1.82, 2.24) is 25.4 Å². The minimum atomic E-state index is -0.144. The fourth-order valence-corrected chi connectivity index (χ4v) is 2.69. The summed E-state index contributed by atoms with van der Waals surface area (Å²) in [6.07, 6.45) is 2.59. The van der Waals surface area contributed by atoms with Gasteiger partial charge in [-0.2, -0.15) is 0 Å². The van der Waals surface area contributed by atoms with Crippen molar-refractivity contribution in [3.05, 3.63) is 35.9 Å². The quantitative estimate of drug-likeness (QED) is 0.269. The Labute approximate surface area is 188 Å². The van der Waals surface area contributed by atoms with E-state index in [1.807, 2.05) is 29.7 Å². The predicted molar refractivity (Wildman–Crippen MR) is 125 cm³/mol. The third-order valence-electron chi connectivity index (χ3n) is 4.00. The summed E-state index contributed by atoms with van der Waals surface area (Å²) < 4.78 is 7.31. The van der Waals surface area contributed by atoms with Crippen molar-refractivity contribution < 1.29 is 9.53 Å². The molecule has 0 saturated carbocycles.